The molecular formula is C15H18BrNO3S. The number of nitrogens with one attached hydrogen (secondary N) is 1. The molecule has 1 amide bonds. The predicted molar refractivity (Wildman–Crippen MR) is 88.0 cm³/mol. The topological polar surface area (TPSA) is 66.4 Å². The Hall–Kier alpha value is -1.01. The van der Waals surface area contributed by atoms with Crippen LogP contribution in [-0.2, 0) is 4.79 Å². The van der Waals surface area contributed by atoms with Crippen LogP contribution in [0.4, 0.5) is 0 Å². The molecule has 0 radical (unpaired) electrons. The van der Waals surface area contributed by atoms with Crippen molar-refractivity contribution < 1.29 is 14.7 Å². The fourth-order valence-electron chi connectivity index (χ4n) is 2.42. The maximum absolute atomic E-state index is 12.5. The number of aliphatic carboxylic acids is 1. The van der Waals surface area contributed by atoms with E-state index in [1.807, 2.05) is 19.9 Å². The Morgan fingerprint density at radius 2 is 1.86 bits per heavy atom. The lowest BCUT2D eigenvalue weighted by Gasteiger charge is -2.33. The number of aryl methyl sites for hydroxylation is 2. The summed E-state index contributed by atoms with van der Waals surface area (Å²) in [6, 6.07) is 3.68. The van der Waals surface area contributed by atoms with Crippen molar-refractivity contribution in [2.45, 2.75) is 32.2 Å². The van der Waals surface area contributed by atoms with Gasteiger partial charge in [0.25, 0.3) is 5.91 Å². The number of halogens is 1. The smallest absolute Gasteiger partial charge is 0.329 e. The number of carbonyl (C=O) groups is 2. The third-order valence-corrected chi connectivity index (χ3v) is 5.70. The standard InChI is InChI=1S/C15H18BrNO3S/c1-9-8-12(16)10(2)7-11(9)13(18)17-15(14(19)20)3-5-21-6-4-15/h7-8H,3-6H2,1-2H3,(H,17,18)(H,19,20). The first-order chi connectivity index (χ1) is 9.85. The first kappa shape index (κ1) is 16.4. The van der Waals surface area contributed by atoms with Crippen LogP contribution in [0, 0.1) is 13.8 Å². The van der Waals surface area contributed by atoms with Crippen LogP contribution in [0.1, 0.15) is 34.3 Å². The van der Waals surface area contributed by atoms with Crippen molar-refractivity contribution in [1.82, 2.24) is 5.32 Å². The number of carboxylic acid groups (broad SMARTS) is 1. The summed E-state index contributed by atoms with van der Waals surface area (Å²) in [4.78, 5) is 24.1. The Balaban J connectivity index is 2.28. The largest absolute Gasteiger partial charge is 0.480 e. The molecule has 2 N–H and O–H groups in total. The van der Waals surface area contributed by atoms with Gasteiger partial charge in [-0.1, -0.05) is 15.9 Å². The predicted octanol–water partition coefficient (Wildman–Crippen LogP) is 3.15. The van der Waals surface area contributed by atoms with Crippen LogP contribution in [0.3, 0.4) is 0 Å². The van der Waals surface area contributed by atoms with Crippen LogP contribution >= 0.6 is 27.7 Å². The zero-order chi connectivity index (χ0) is 15.6. The number of carboxylic acids is 1. The first-order valence-electron chi connectivity index (χ1n) is 6.76. The summed E-state index contributed by atoms with van der Waals surface area (Å²) in [7, 11) is 0. The highest BCUT2D eigenvalue weighted by Gasteiger charge is 2.41. The molecule has 2 rings (SSSR count). The SMILES string of the molecule is Cc1cc(C(=O)NC2(C(=O)O)CCSCC2)c(C)cc1Br. The van der Waals surface area contributed by atoms with Crippen LogP contribution in [-0.4, -0.2) is 34.0 Å². The van der Waals surface area contributed by atoms with Crippen molar-refractivity contribution in [3.05, 3.63) is 33.3 Å². The lowest BCUT2D eigenvalue weighted by molar-refractivity contribution is -0.144. The van der Waals surface area contributed by atoms with Crippen molar-refractivity contribution in [1.29, 1.82) is 0 Å². The normalized spacial score (nSPS) is 17.3. The van der Waals surface area contributed by atoms with Gasteiger partial charge in [-0.2, -0.15) is 11.8 Å². The fraction of sp³-hybridized carbons (Fsp3) is 0.467. The van der Waals surface area contributed by atoms with Crippen molar-refractivity contribution in [3.8, 4) is 0 Å². The summed E-state index contributed by atoms with van der Waals surface area (Å²) in [6.07, 6.45) is 0.931. The molecule has 1 aliphatic heterocycles. The number of hydrogen-bond donors (Lipinski definition) is 2. The minimum atomic E-state index is -1.13. The van der Waals surface area contributed by atoms with Gasteiger partial charge in [0, 0.05) is 10.0 Å². The van der Waals surface area contributed by atoms with Gasteiger partial charge in [0.2, 0.25) is 0 Å². The molecule has 0 aliphatic carbocycles. The van der Waals surface area contributed by atoms with E-state index in [0.717, 1.165) is 27.1 Å². The molecule has 6 heteroatoms. The Kier molecular flexibility index (Phi) is 4.99. The maximum atomic E-state index is 12.5. The zero-order valence-corrected chi connectivity index (χ0v) is 14.4. The van der Waals surface area contributed by atoms with Crippen LogP contribution in [0.5, 0.6) is 0 Å². The molecule has 1 aliphatic rings. The second kappa shape index (κ2) is 6.40. The third-order valence-electron chi connectivity index (χ3n) is 3.86. The van der Waals surface area contributed by atoms with Gasteiger partial charge in [-0.15, -0.1) is 0 Å². The molecule has 0 saturated carbocycles. The molecular weight excluding hydrogens is 354 g/mol. The molecule has 1 aromatic rings. The zero-order valence-electron chi connectivity index (χ0n) is 12.0. The summed E-state index contributed by atoms with van der Waals surface area (Å²) in [5, 5.41) is 12.3. The average molecular weight is 372 g/mol. The number of thioether (sulfide) groups is 1. The van der Waals surface area contributed by atoms with Crippen LogP contribution in [0.25, 0.3) is 0 Å². The number of rotatable bonds is 3. The van der Waals surface area contributed by atoms with Gasteiger partial charge < -0.3 is 10.4 Å². The summed E-state index contributed by atoms with van der Waals surface area (Å²) in [5.41, 5.74) is 1.19. The highest BCUT2D eigenvalue weighted by atomic mass is 79.9. The monoisotopic (exact) mass is 371 g/mol. The number of carbonyl (C=O) groups excluding carboxylic acids is 1. The maximum Gasteiger partial charge on any atom is 0.329 e. The molecule has 1 aromatic carbocycles. The van der Waals surface area contributed by atoms with Gasteiger partial charge in [0.1, 0.15) is 5.54 Å². The molecule has 0 unspecified atom stereocenters. The fourth-order valence-corrected chi connectivity index (χ4v) is 4.07. The van der Waals surface area contributed by atoms with E-state index in [4.69, 9.17) is 0 Å². The Morgan fingerprint density at radius 3 is 2.43 bits per heavy atom. The van der Waals surface area contributed by atoms with Gasteiger partial charge in [-0.25, -0.2) is 4.79 Å². The molecule has 0 atom stereocenters. The molecule has 0 bridgehead atoms. The van der Waals surface area contributed by atoms with Gasteiger partial charge in [-0.05, 0) is 61.5 Å². The van der Waals surface area contributed by atoms with E-state index in [1.54, 1.807) is 17.8 Å². The van der Waals surface area contributed by atoms with Crippen molar-refractivity contribution in [2.24, 2.45) is 0 Å². The minimum absolute atomic E-state index is 0.308. The Labute approximate surface area is 136 Å². The van der Waals surface area contributed by atoms with Crippen molar-refractivity contribution in [2.75, 3.05) is 11.5 Å². The Bertz CT molecular complexity index is 583. The molecule has 4 nitrogen and oxygen atoms in total. The van der Waals surface area contributed by atoms with E-state index in [2.05, 4.69) is 21.2 Å². The van der Waals surface area contributed by atoms with Crippen LogP contribution in [0.15, 0.2) is 16.6 Å². The number of hydrogen-bond acceptors (Lipinski definition) is 3. The van der Waals surface area contributed by atoms with Crippen LogP contribution < -0.4 is 5.32 Å². The molecule has 0 spiro atoms. The van der Waals surface area contributed by atoms with E-state index < -0.39 is 11.5 Å². The summed E-state index contributed by atoms with van der Waals surface area (Å²) in [5.74, 6) is 0.260. The van der Waals surface area contributed by atoms with Gasteiger partial charge >= 0.3 is 5.97 Å². The highest BCUT2D eigenvalue weighted by Crippen LogP contribution is 2.28. The van der Waals surface area contributed by atoms with Gasteiger partial charge in [-0.3, -0.25) is 4.79 Å². The van der Waals surface area contributed by atoms with Gasteiger partial charge in [0.15, 0.2) is 0 Å². The van der Waals surface area contributed by atoms with Crippen molar-refractivity contribution >= 4 is 39.6 Å². The number of amides is 1. The quantitative estimate of drug-likeness (QED) is 0.856. The third kappa shape index (κ3) is 3.43. The molecule has 0 aromatic heterocycles. The molecule has 114 valence electrons. The van der Waals surface area contributed by atoms with E-state index >= 15 is 0 Å². The molecule has 1 heterocycles. The number of benzene rings is 1. The average Bonchev–Trinajstić information content (AvgIpc) is 2.43. The van der Waals surface area contributed by atoms with Crippen molar-refractivity contribution in [3.63, 3.8) is 0 Å². The highest BCUT2D eigenvalue weighted by molar-refractivity contribution is 9.10. The van der Waals surface area contributed by atoms with Crippen LogP contribution in [0.2, 0.25) is 0 Å². The Morgan fingerprint density at radius 1 is 1.24 bits per heavy atom. The lowest BCUT2D eigenvalue weighted by Crippen LogP contribution is -2.56. The minimum Gasteiger partial charge on any atom is -0.480 e. The molecule has 21 heavy (non-hydrogen) atoms. The second-order valence-electron chi connectivity index (χ2n) is 5.37. The lowest BCUT2D eigenvalue weighted by atomic mass is 9.91. The van der Waals surface area contributed by atoms with Gasteiger partial charge in [0.05, 0.1) is 0 Å². The van der Waals surface area contributed by atoms with E-state index in [-0.39, 0.29) is 5.91 Å². The van der Waals surface area contributed by atoms with E-state index in [1.165, 1.54) is 0 Å². The molecule has 1 saturated heterocycles. The summed E-state index contributed by atoms with van der Waals surface area (Å²) in [6.45, 7) is 3.76. The molecule has 1 fully saturated rings. The van der Waals surface area contributed by atoms with E-state index in [0.29, 0.717) is 18.4 Å². The summed E-state index contributed by atoms with van der Waals surface area (Å²) < 4.78 is 0.943. The van der Waals surface area contributed by atoms with E-state index in [9.17, 15) is 14.7 Å². The summed E-state index contributed by atoms with van der Waals surface area (Å²) >= 11 is 5.16. The second-order valence-corrected chi connectivity index (χ2v) is 7.45. The first-order valence-corrected chi connectivity index (χ1v) is 8.71.